The van der Waals surface area contributed by atoms with Crippen molar-refractivity contribution >= 4 is 23.6 Å². The van der Waals surface area contributed by atoms with Crippen LogP contribution in [0.3, 0.4) is 0 Å². The van der Waals surface area contributed by atoms with E-state index in [0.29, 0.717) is 6.54 Å². The van der Waals surface area contributed by atoms with E-state index in [2.05, 4.69) is 0 Å². The Kier molecular flexibility index (Phi) is 4.24. The van der Waals surface area contributed by atoms with E-state index in [1.807, 2.05) is 54.6 Å². The van der Waals surface area contributed by atoms with Gasteiger partial charge < -0.3 is 10.0 Å². The molecule has 1 aliphatic heterocycles. The zero-order valence-electron chi connectivity index (χ0n) is 12.6. The third kappa shape index (κ3) is 3.31. The van der Waals surface area contributed by atoms with Crippen LogP contribution in [0.1, 0.15) is 17.5 Å². The maximum atomic E-state index is 12.5. The first-order valence-corrected chi connectivity index (χ1v) is 7.52. The minimum Gasteiger partial charge on any atom is -0.478 e. The zero-order valence-corrected chi connectivity index (χ0v) is 12.6. The Morgan fingerprint density at radius 1 is 1.04 bits per heavy atom. The highest BCUT2D eigenvalue weighted by molar-refractivity contribution is 6.04. The number of rotatable bonds is 4. The molecule has 23 heavy (non-hydrogen) atoms. The van der Waals surface area contributed by atoms with Gasteiger partial charge in [0.2, 0.25) is 5.91 Å². The fraction of sp³-hybridized carbons (Fsp3) is 0.158. The van der Waals surface area contributed by atoms with E-state index >= 15 is 0 Å². The number of hydrogen-bond acceptors (Lipinski definition) is 2. The standard InChI is InChI=1S/C19H17NO3/c21-18(20-11-10-15-8-4-5-9-17(15)20)13-16(19(22)23)12-14-6-2-1-3-7-14/h1-9,12H,10-11,13H2,(H,22,23). The average molecular weight is 307 g/mol. The van der Waals surface area contributed by atoms with Crippen molar-refractivity contribution in [3.05, 3.63) is 71.3 Å². The highest BCUT2D eigenvalue weighted by atomic mass is 16.4. The average Bonchev–Trinajstić information content (AvgIpc) is 2.99. The van der Waals surface area contributed by atoms with E-state index in [9.17, 15) is 14.7 Å². The molecule has 4 nitrogen and oxygen atoms in total. The highest BCUT2D eigenvalue weighted by Crippen LogP contribution is 2.28. The second kappa shape index (κ2) is 6.48. The minimum atomic E-state index is -1.06. The van der Waals surface area contributed by atoms with Crippen LogP contribution < -0.4 is 4.90 Å². The maximum Gasteiger partial charge on any atom is 0.332 e. The monoisotopic (exact) mass is 307 g/mol. The first-order chi connectivity index (χ1) is 11.1. The van der Waals surface area contributed by atoms with E-state index in [-0.39, 0.29) is 17.9 Å². The SMILES string of the molecule is O=C(O)C(=Cc1ccccc1)CC(=O)N1CCc2ccccc21. The molecule has 4 heteroatoms. The van der Waals surface area contributed by atoms with Crippen LogP contribution in [-0.4, -0.2) is 23.5 Å². The molecule has 0 unspecified atom stereocenters. The zero-order chi connectivity index (χ0) is 16.2. The molecule has 116 valence electrons. The maximum absolute atomic E-state index is 12.5. The first kappa shape index (κ1) is 15.0. The molecule has 3 rings (SSSR count). The molecule has 0 radical (unpaired) electrons. The topological polar surface area (TPSA) is 57.6 Å². The summed E-state index contributed by atoms with van der Waals surface area (Å²) >= 11 is 0. The molecule has 0 spiro atoms. The van der Waals surface area contributed by atoms with Gasteiger partial charge in [0, 0.05) is 17.8 Å². The summed E-state index contributed by atoms with van der Waals surface area (Å²) in [4.78, 5) is 25.7. The molecule has 1 amide bonds. The lowest BCUT2D eigenvalue weighted by Crippen LogP contribution is -2.29. The first-order valence-electron chi connectivity index (χ1n) is 7.52. The summed E-state index contributed by atoms with van der Waals surface area (Å²) in [6.07, 6.45) is 2.26. The normalized spacial score (nSPS) is 13.7. The summed E-state index contributed by atoms with van der Waals surface area (Å²) < 4.78 is 0. The van der Waals surface area contributed by atoms with Gasteiger partial charge in [-0.15, -0.1) is 0 Å². The van der Waals surface area contributed by atoms with Gasteiger partial charge in [0.05, 0.1) is 6.42 Å². The van der Waals surface area contributed by atoms with Gasteiger partial charge in [0.15, 0.2) is 0 Å². The van der Waals surface area contributed by atoms with Crippen LogP contribution in [0.4, 0.5) is 5.69 Å². The van der Waals surface area contributed by atoms with Gasteiger partial charge in [0.25, 0.3) is 0 Å². The third-order valence-corrected chi connectivity index (χ3v) is 3.95. The minimum absolute atomic E-state index is 0.102. The lowest BCUT2D eigenvalue weighted by atomic mass is 10.1. The highest BCUT2D eigenvalue weighted by Gasteiger charge is 2.25. The van der Waals surface area contributed by atoms with Gasteiger partial charge in [0.1, 0.15) is 0 Å². The van der Waals surface area contributed by atoms with Crippen LogP contribution in [-0.2, 0) is 16.0 Å². The van der Waals surface area contributed by atoms with E-state index in [1.165, 1.54) is 0 Å². The van der Waals surface area contributed by atoms with Crippen molar-refractivity contribution in [3.8, 4) is 0 Å². The molecule has 1 aliphatic rings. The van der Waals surface area contributed by atoms with Crippen molar-refractivity contribution < 1.29 is 14.7 Å². The Bertz CT molecular complexity index is 765. The van der Waals surface area contributed by atoms with Crippen LogP contribution in [0, 0.1) is 0 Å². The number of carboxylic acids is 1. The molecule has 0 saturated heterocycles. The second-order valence-corrected chi connectivity index (χ2v) is 5.49. The number of carbonyl (C=O) groups is 2. The number of fused-ring (bicyclic) bond motifs is 1. The molecular formula is C19H17NO3. The lowest BCUT2D eigenvalue weighted by Gasteiger charge is -2.17. The Morgan fingerprint density at radius 2 is 1.74 bits per heavy atom. The largest absolute Gasteiger partial charge is 0.478 e. The molecule has 0 aliphatic carbocycles. The fourth-order valence-electron chi connectivity index (χ4n) is 2.79. The number of para-hydroxylation sites is 1. The van der Waals surface area contributed by atoms with E-state index in [1.54, 1.807) is 11.0 Å². The number of benzene rings is 2. The predicted molar refractivity (Wildman–Crippen MR) is 89.2 cm³/mol. The summed E-state index contributed by atoms with van der Waals surface area (Å²) in [5, 5.41) is 9.38. The summed E-state index contributed by atoms with van der Waals surface area (Å²) in [7, 11) is 0. The number of amides is 1. The Labute approximate surface area is 134 Å². The number of carboxylic acid groups (broad SMARTS) is 1. The Balaban J connectivity index is 1.81. The van der Waals surface area contributed by atoms with Crippen LogP contribution >= 0.6 is 0 Å². The number of anilines is 1. The summed E-state index contributed by atoms with van der Waals surface area (Å²) in [5.74, 6) is -1.24. The summed E-state index contributed by atoms with van der Waals surface area (Å²) in [6.45, 7) is 0.608. The molecule has 2 aromatic carbocycles. The third-order valence-electron chi connectivity index (χ3n) is 3.95. The van der Waals surface area contributed by atoms with Gasteiger partial charge in [-0.3, -0.25) is 4.79 Å². The van der Waals surface area contributed by atoms with Gasteiger partial charge in [-0.1, -0.05) is 48.5 Å². The second-order valence-electron chi connectivity index (χ2n) is 5.49. The van der Waals surface area contributed by atoms with Crippen molar-refractivity contribution in [1.82, 2.24) is 0 Å². The van der Waals surface area contributed by atoms with Crippen LogP contribution in [0.15, 0.2) is 60.2 Å². The van der Waals surface area contributed by atoms with Crippen molar-refractivity contribution in [2.45, 2.75) is 12.8 Å². The smallest absolute Gasteiger partial charge is 0.332 e. The molecule has 0 atom stereocenters. The van der Waals surface area contributed by atoms with E-state index in [4.69, 9.17) is 0 Å². The Morgan fingerprint density at radius 3 is 2.48 bits per heavy atom. The summed E-state index contributed by atoms with van der Waals surface area (Å²) in [6, 6.07) is 16.9. The molecule has 1 heterocycles. The van der Waals surface area contributed by atoms with Crippen LogP contribution in [0.5, 0.6) is 0 Å². The van der Waals surface area contributed by atoms with Gasteiger partial charge >= 0.3 is 5.97 Å². The van der Waals surface area contributed by atoms with Gasteiger partial charge in [-0.05, 0) is 29.7 Å². The molecule has 1 N–H and O–H groups in total. The number of nitrogens with zero attached hydrogens (tertiary/aromatic N) is 1. The molecule has 0 aromatic heterocycles. The fourth-order valence-corrected chi connectivity index (χ4v) is 2.79. The van der Waals surface area contributed by atoms with Crippen LogP contribution in [0.25, 0.3) is 6.08 Å². The predicted octanol–water partition coefficient (Wildman–Crippen LogP) is 3.13. The quantitative estimate of drug-likeness (QED) is 0.883. The number of hydrogen-bond donors (Lipinski definition) is 1. The molecule has 0 fully saturated rings. The Hall–Kier alpha value is -2.88. The number of carbonyl (C=O) groups excluding carboxylic acids is 1. The van der Waals surface area contributed by atoms with Crippen molar-refractivity contribution in [3.63, 3.8) is 0 Å². The molecule has 0 bridgehead atoms. The van der Waals surface area contributed by atoms with Crippen molar-refractivity contribution in [2.75, 3.05) is 11.4 Å². The lowest BCUT2D eigenvalue weighted by molar-refractivity contribution is -0.133. The molecule has 0 saturated carbocycles. The van der Waals surface area contributed by atoms with Gasteiger partial charge in [-0.2, -0.15) is 0 Å². The van der Waals surface area contributed by atoms with Crippen molar-refractivity contribution in [1.29, 1.82) is 0 Å². The molecule has 2 aromatic rings. The molecular weight excluding hydrogens is 290 g/mol. The van der Waals surface area contributed by atoms with E-state index < -0.39 is 5.97 Å². The number of aliphatic carboxylic acids is 1. The van der Waals surface area contributed by atoms with Crippen LogP contribution in [0.2, 0.25) is 0 Å². The van der Waals surface area contributed by atoms with Gasteiger partial charge in [-0.25, -0.2) is 4.79 Å². The summed E-state index contributed by atoms with van der Waals surface area (Å²) in [5.41, 5.74) is 2.90. The van der Waals surface area contributed by atoms with Crippen molar-refractivity contribution in [2.24, 2.45) is 0 Å². The van der Waals surface area contributed by atoms with E-state index in [0.717, 1.165) is 23.2 Å².